The van der Waals surface area contributed by atoms with Crippen molar-refractivity contribution < 1.29 is 14.0 Å². The number of nitriles is 1. The standard InChI is InChI=1S/C18H27NO3Si/c1-7-21-17(20)12-16(22-23(5,6)18(2,3)4)15-10-8-14(13-19)9-11-15/h8-11,16H,7,12H2,1-6H3. The smallest absolute Gasteiger partial charge is 0.308 e. The van der Waals surface area contributed by atoms with Gasteiger partial charge in [-0.05, 0) is 42.8 Å². The number of ether oxygens (including phenoxy) is 1. The Morgan fingerprint density at radius 3 is 2.26 bits per heavy atom. The van der Waals surface area contributed by atoms with Gasteiger partial charge in [-0.3, -0.25) is 4.79 Å². The molecule has 0 radical (unpaired) electrons. The van der Waals surface area contributed by atoms with Gasteiger partial charge in [0.1, 0.15) is 0 Å². The van der Waals surface area contributed by atoms with Gasteiger partial charge in [0.25, 0.3) is 0 Å². The van der Waals surface area contributed by atoms with Crippen molar-refractivity contribution in [1.29, 1.82) is 5.26 Å². The molecule has 1 unspecified atom stereocenters. The van der Waals surface area contributed by atoms with Crippen LogP contribution in [0.1, 0.15) is 51.3 Å². The Bertz CT molecular complexity index is 567. The summed E-state index contributed by atoms with van der Waals surface area (Å²) in [6, 6.07) is 9.32. The Labute approximate surface area is 140 Å². The highest BCUT2D eigenvalue weighted by molar-refractivity contribution is 6.74. The van der Waals surface area contributed by atoms with Crippen LogP contribution in [-0.2, 0) is 14.0 Å². The van der Waals surface area contributed by atoms with Crippen LogP contribution in [0, 0.1) is 11.3 Å². The molecule has 0 spiro atoms. The fourth-order valence-corrected chi connectivity index (χ4v) is 3.19. The summed E-state index contributed by atoms with van der Waals surface area (Å²) >= 11 is 0. The minimum absolute atomic E-state index is 0.0481. The summed E-state index contributed by atoms with van der Waals surface area (Å²) in [6.45, 7) is 13.0. The number of benzene rings is 1. The van der Waals surface area contributed by atoms with Gasteiger partial charge in [0.2, 0.25) is 0 Å². The summed E-state index contributed by atoms with van der Waals surface area (Å²) in [7, 11) is -2.04. The number of nitrogens with zero attached hydrogens (tertiary/aromatic N) is 1. The molecule has 1 aromatic carbocycles. The molecule has 0 saturated heterocycles. The van der Waals surface area contributed by atoms with Crippen molar-refractivity contribution in [2.24, 2.45) is 0 Å². The van der Waals surface area contributed by atoms with Gasteiger partial charge in [-0.2, -0.15) is 5.26 Å². The van der Waals surface area contributed by atoms with E-state index < -0.39 is 8.32 Å². The maximum absolute atomic E-state index is 11.9. The van der Waals surface area contributed by atoms with Crippen LogP contribution in [0.3, 0.4) is 0 Å². The van der Waals surface area contributed by atoms with E-state index in [0.29, 0.717) is 12.2 Å². The van der Waals surface area contributed by atoms with Gasteiger partial charge >= 0.3 is 5.97 Å². The van der Waals surface area contributed by atoms with E-state index in [1.807, 2.05) is 12.1 Å². The lowest BCUT2D eigenvalue weighted by molar-refractivity contribution is -0.145. The average Bonchev–Trinajstić information content (AvgIpc) is 2.45. The molecule has 1 atom stereocenters. The first-order valence-corrected chi connectivity index (χ1v) is 10.8. The predicted molar refractivity (Wildman–Crippen MR) is 93.4 cm³/mol. The lowest BCUT2D eigenvalue weighted by atomic mass is 10.1. The first-order valence-electron chi connectivity index (χ1n) is 7.94. The highest BCUT2D eigenvalue weighted by atomic mass is 28.4. The highest BCUT2D eigenvalue weighted by Gasteiger charge is 2.40. The number of hydrogen-bond acceptors (Lipinski definition) is 4. The first kappa shape index (κ1) is 19.4. The van der Waals surface area contributed by atoms with Gasteiger partial charge in [0.15, 0.2) is 8.32 Å². The second kappa shape index (κ2) is 7.76. The van der Waals surface area contributed by atoms with E-state index in [1.165, 1.54) is 0 Å². The van der Waals surface area contributed by atoms with Crippen molar-refractivity contribution in [3.8, 4) is 6.07 Å². The van der Waals surface area contributed by atoms with E-state index in [4.69, 9.17) is 14.4 Å². The van der Waals surface area contributed by atoms with Crippen LogP contribution < -0.4 is 0 Å². The van der Waals surface area contributed by atoms with Gasteiger partial charge in [-0.15, -0.1) is 0 Å². The summed E-state index contributed by atoms with van der Waals surface area (Å²) in [5, 5.41) is 8.98. The van der Waals surface area contributed by atoms with Crippen molar-refractivity contribution in [3.63, 3.8) is 0 Å². The predicted octanol–water partition coefficient (Wildman–Crippen LogP) is 4.57. The second-order valence-corrected chi connectivity index (χ2v) is 11.9. The minimum atomic E-state index is -2.04. The van der Waals surface area contributed by atoms with Crippen LogP contribution >= 0.6 is 0 Å². The number of carbonyl (C=O) groups excluding carboxylic acids is 1. The molecule has 1 aromatic rings. The molecule has 1 rings (SSSR count). The van der Waals surface area contributed by atoms with Gasteiger partial charge in [0.05, 0.1) is 30.8 Å². The number of carbonyl (C=O) groups is 1. The van der Waals surface area contributed by atoms with Crippen LogP contribution in [0.5, 0.6) is 0 Å². The molecule has 0 heterocycles. The maximum atomic E-state index is 11.9. The Morgan fingerprint density at radius 2 is 1.83 bits per heavy atom. The minimum Gasteiger partial charge on any atom is -0.466 e. The molecule has 0 saturated carbocycles. The fourth-order valence-electron chi connectivity index (χ4n) is 1.90. The van der Waals surface area contributed by atoms with E-state index in [9.17, 15) is 4.79 Å². The summed E-state index contributed by atoms with van der Waals surface area (Å²) in [5.41, 5.74) is 1.50. The van der Waals surface area contributed by atoms with Crippen molar-refractivity contribution >= 4 is 14.3 Å². The van der Waals surface area contributed by atoms with E-state index in [-0.39, 0.29) is 23.5 Å². The topological polar surface area (TPSA) is 59.3 Å². The fraction of sp³-hybridized carbons (Fsp3) is 0.556. The van der Waals surface area contributed by atoms with E-state index in [0.717, 1.165) is 5.56 Å². The molecule has 0 amide bonds. The number of rotatable bonds is 6. The molecule has 0 N–H and O–H groups in total. The van der Waals surface area contributed by atoms with Crippen LogP contribution in [-0.4, -0.2) is 20.9 Å². The Kier molecular flexibility index (Phi) is 6.54. The van der Waals surface area contributed by atoms with E-state index in [2.05, 4.69) is 39.9 Å². The monoisotopic (exact) mass is 333 g/mol. The Hall–Kier alpha value is -1.64. The molecule has 126 valence electrons. The van der Waals surface area contributed by atoms with Crippen molar-refractivity contribution in [2.45, 2.75) is 58.4 Å². The lowest BCUT2D eigenvalue weighted by Crippen LogP contribution is -2.42. The third kappa shape index (κ3) is 5.49. The summed E-state index contributed by atoms with van der Waals surface area (Å²) in [6.07, 6.45) is -0.158. The average molecular weight is 334 g/mol. The van der Waals surface area contributed by atoms with Crippen LogP contribution in [0.25, 0.3) is 0 Å². The van der Waals surface area contributed by atoms with Crippen molar-refractivity contribution in [1.82, 2.24) is 0 Å². The number of esters is 1. The normalized spacial score (nSPS) is 13.3. The zero-order valence-corrected chi connectivity index (χ0v) is 16.0. The van der Waals surface area contributed by atoms with Crippen LogP contribution in [0.2, 0.25) is 18.1 Å². The molecule has 5 heteroatoms. The number of hydrogen-bond donors (Lipinski definition) is 0. The van der Waals surface area contributed by atoms with Crippen molar-refractivity contribution in [2.75, 3.05) is 6.61 Å². The van der Waals surface area contributed by atoms with E-state index >= 15 is 0 Å². The maximum Gasteiger partial charge on any atom is 0.308 e. The third-order valence-corrected chi connectivity index (χ3v) is 8.80. The van der Waals surface area contributed by atoms with Gasteiger partial charge in [-0.25, -0.2) is 0 Å². The zero-order valence-electron chi connectivity index (χ0n) is 15.0. The first-order chi connectivity index (χ1) is 10.6. The summed E-state index contributed by atoms with van der Waals surface area (Å²) in [4.78, 5) is 11.9. The largest absolute Gasteiger partial charge is 0.466 e. The molecular formula is C18H27NO3Si. The summed E-state index contributed by atoms with van der Waals surface area (Å²) < 4.78 is 11.5. The summed E-state index contributed by atoms with van der Waals surface area (Å²) in [5.74, 6) is -0.263. The second-order valence-electron chi connectivity index (χ2n) is 7.11. The highest BCUT2D eigenvalue weighted by Crippen LogP contribution is 2.40. The lowest BCUT2D eigenvalue weighted by Gasteiger charge is -2.39. The molecule has 4 nitrogen and oxygen atoms in total. The van der Waals surface area contributed by atoms with Gasteiger partial charge in [0, 0.05) is 0 Å². The Balaban J connectivity index is 3.06. The molecule has 0 aromatic heterocycles. The molecule has 0 fully saturated rings. The molecular weight excluding hydrogens is 306 g/mol. The SMILES string of the molecule is CCOC(=O)CC(O[Si](C)(C)C(C)(C)C)c1ccc(C#N)cc1. The Morgan fingerprint density at radius 1 is 1.26 bits per heavy atom. The van der Waals surface area contributed by atoms with Gasteiger partial charge in [-0.1, -0.05) is 32.9 Å². The van der Waals surface area contributed by atoms with Crippen LogP contribution in [0.15, 0.2) is 24.3 Å². The zero-order chi connectivity index (χ0) is 17.7. The van der Waals surface area contributed by atoms with Gasteiger partial charge < -0.3 is 9.16 Å². The molecule has 0 aliphatic heterocycles. The third-order valence-electron chi connectivity index (χ3n) is 4.31. The molecule has 23 heavy (non-hydrogen) atoms. The molecule has 0 aliphatic rings. The quantitative estimate of drug-likeness (QED) is 0.565. The van der Waals surface area contributed by atoms with Crippen LogP contribution in [0.4, 0.5) is 0 Å². The molecule has 0 bridgehead atoms. The molecule has 0 aliphatic carbocycles. The van der Waals surface area contributed by atoms with Crippen molar-refractivity contribution in [3.05, 3.63) is 35.4 Å². The van der Waals surface area contributed by atoms with E-state index in [1.54, 1.807) is 19.1 Å².